The Balaban J connectivity index is 2.33. The van der Waals surface area contributed by atoms with Crippen LogP contribution in [0.4, 0.5) is 0 Å². The van der Waals surface area contributed by atoms with Crippen LogP contribution in [0.15, 0.2) is 34.3 Å². The molecule has 0 spiro atoms. The molecule has 0 aromatic heterocycles. The van der Waals surface area contributed by atoms with Crippen LogP contribution in [-0.4, -0.2) is 20.0 Å². The van der Waals surface area contributed by atoms with Gasteiger partial charge in [0, 0.05) is 12.3 Å². The molecule has 2 rings (SSSR count). The SMILES string of the molecule is CC1CC(=O)NN=C1c1ccc(S(N)(=O)=O)cc1. The molecule has 0 saturated heterocycles. The van der Waals surface area contributed by atoms with E-state index in [4.69, 9.17) is 5.14 Å². The number of rotatable bonds is 2. The van der Waals surface area contributed by atoms with Crippen LogP contribution in [0.1, 0.15) is 18.9 Å². The first-order chi connectivity index (χ1) is 8.38. The molecule has 3 N–H and O–H groups in total. The molecule has 1 unspecified atom stereocenters. The Hall–Kier alpha value is -1.73. The highest BCUT2D eigenvalue weighted by Crippen LogP contribution is 2.17. The van der Waals surface area contributed by atoms with Crippen LogP contribution in [0, 0.1) is 5.92 Å². The number of hydrazone groups is 1. The summed E-state index contributed by atoms with van der Waals surface area (Å²) >= 11 is 0. The largest absolute Gasteiger partial charge is 0.273 e. The normalized spacial score (nSPS) is 20.2. The molecule has 1 aromatic carbocycles. The van der Waals surface area contributed by atoms with Gasteiger partial charge in [-0.2, -0.15) is 5.10 Å². The van der Waals surface area contributed by atoms with E-state index in [1.807, 2.05) is 6.92 Å². The first-order valence-corrected chi connectivity index (χ1v) is 6.92. The lowest BCUT2D eigenvalue weighted by molar-refractivity contribution is -0.121. The molecule has 1 aliphatic heterocycles. The molecular weight excluding hydrogens is 254 g/mol. The van der Waals surface area contributed by atoms with Gasteiger partial charge in [-0.3, -0.25) is 4.79 Å². The molecule has 6 nitrogen and oxygen atoms in total. The Morgan fingerprint density at radius 2 is 1.94 bits per heavy atom. The number of sulfonamides is 1. The lowest BCUT2D eigenvalue weighted by atomic mass is 9.94. The molecule has 0 fully saturated rings. The predicted octanol–water partition coefficient (Wildman–Crippen LogP) is 0.194. The summed E-state index contributed by atoms with van der Waals surface area (Å²) in [5.74, 6) is -0.119. The fourth-order valence-corrected chi connectivity index (χ4v) is 2.33. The predicted molar refractivity (Wildman–Crippen MR) is 66.3 cm³/mol. The van der Waals surface area contributed by atoms with Gasteiger partial charge in [-0.05, 0) is 17.7 Å². The minimum absolute atomic E-state index is 0.000848. The molecule has 7 heteroatoms. The molecule has 0 aliphatic carbocycles. The summed E-state index contributed by atoms with van der Waals surface area (Å²) in [6, 6.07) is 6.12. The highest BCUT2D eigenvalue weighted by molar-refractivity contribution is 7.89. The summed E-state index contributed by atoms with van der Waals surface area (Å²) in [4.78, 5) is 11.2. The number of nitrogens with one attached hydrogen (secondary N) is 1. The summed E-state index contributed by atoms with van der Waals surface area (Å²) < 4.78 is 22.2. The molecule has 96 valence electrons. The van der Waals surface area contributed by atoms with Crippen molar-refractivity contribution in [2.45, 2.75) is 18.2 Å². The Bertz CT molecular complexity index is 605. The van der Waals surface area contributed by atoms with E-state index >= 15 is 0 Å². The van der Waals surface area contributed by atoms with Gasteiger partial charge in [0.1, 0.15) is 0 Å². The highest BCUT2D eigenvalue weighted by atomic mass is 32.2. The lowest BCUT2D eigenvalue weighted by Gasteiger charge is -2.19. The zero-order valence-electron chi connectivity index (χ0n) is 9.75. The van der Waals surface area contributed by atoms with E-state index < -0.39 is 10.0 Å². The third-order valence-corrected chi connectivity index (χ3v) is 3.67. The number of carbonyl (C=O) groups is 1. The first-order valence-electron chi connectivity index (χ1n) is 5.37. The van der Waals surface area contributed by atoms with Crippen LogP contribution < -0.4 is 10.6 Å². The molecule has 0 saturated carbocycles. The molecule has 1 heterocycles. The molecule has 1 amide bonds. The fraction of sp³-hybridized carbons (Fsp3) is 0.273. The Morgan fingerprint density at radius 1 is 1.33 bits per heavy atom. The van der Waals surface area contributed by atoms with Gasteiger partial charge < -0.3 is 0 Å². The van der Waals surface area contributed by atoms with Crippen molar-refractivity contribution in [2.75, 3.05) is 0 Å². The molecule has 1 atom stereocenters. The zero-order chi connectivity index (χ0) is 13.3. The molecular formula is C11H13N3O3S. The molecule has 0 bridgehead atoms. The standard InChI is InChI=1S/C11H13N3O3S/c1-7-6-10(15)13-14-11(7)8-2-4-9(5-3-8)18(12,16)17/h2-5,7H,6H2,1H3,(H,13,15)(H2,12,16,17). The first kappa shape index (κ1) is 12.7. The molecule has 1 aromatic rings. The van der Waals surface area contributed by atoms with E-state index in [2.05, 4.69) is 10.5 Å². The number of benzene rings is 1. The van der Waals surface area contributed by atoms with Crippen LogP contribution in [0.2, 0.25) is 0 Å². The van der Waals surface area contributed by atoms with Crippen molar-refractivity contribution in [3.05, 3.63) is 29.8 Å². The van der Waals surface area contributed by atoms with E-state index in [1.165, 1.54) is 12.1 Å². The van der Waals surface area contributed by atoms with Crippen molar-refractivity contribution < 1.29 is 13.2 Å². The monoisotopic (exact) mass is 267 g/mol. The van der Waals surface area contributed by atoms with E-state index in [1.54, 1.807) is 12.1 Å². The van der Waals surface area contributed by atoms with Crippen molar-refractivity contribution in [1.82, 2.24) is 5.43 Å². The van der Waals surface area contributed by atoms with Crippen molar-refractivity contribution in [3.8, 4) is 0 Å². The van der Waals surface area contributed by atoms with Gasteiger partial charge in [0.15, 0.2) is 0 Å². The van der Waals surface area contributed by atoms with E-state index in [0.717, 1.165) is 11.3 Å². The third kappa shape index (κ3) is 2.57. The topological polar surface area (TPSA) is 102 Å². The number of hydrogen-bond acceptors (Lipinski definition) is 4. The van der Waals surface area contributed by atoms with E-state index in [0.29, 0.717) is 6.42 Å². The average Bonchev–Trinajstić information content (AvgIpc) is 2.28. The maximum absolute atomic E-state index is 11.1. The quantitative estimate of drug-likeness (QED) is 0.799. The Morgan fingerprint density at radius 3 is 2.44 bits per heavy atom. The van der Waals surface area contributed by atoms with Crippen LogP contribution in [0.5, 0.6) is 0 Å². The summed E-state index contributed by atoms with van der Waals surface area (Å²) in [6.45, 7) is 1.89. The van der Waals surface area contributed by atoms with Gasteiger partial charge in [-0.15, -0.1) is 0 Å². The summed E-state index contributed by atoms with van der Waals surface area (Å²) in [7, 11) is -3.68. The second-order valence-corrected chi connectivity index (χ2v) is 5.77. The van der Waals surface area contributed by atoms with Crippen molar-refractivity contribution >= 4 is 21.6 Å². The number of nitrogens with two attached hydrogens (primary N) is 1. The van der Waals surface area contributed by atoms with Crippen LogP contribution in [0.3, 0.4) is 0 Å². The highest BCUT2D eigenvalue weighted by Gasteiger charge is 2.21. The van der Waals surface area contributed by atoms with Gasteiger partial charge in [0.25, 0.3) is 0 Å². The maximum atomic E-state index is 11.1. The number of nitrogens with zero attached hydrogens (tertiary/aromatic N) is 1. The van der Waals surface area contributed by atoms with Crippen LogP contribution >= 0.6 is 0 Å². The summed E-state index contributed by atoms with van der Waals surface area (Å²) in [5.41, 5.74) is 3.92. The van der Waals surface area contributed by atoms with Gasteiger partial charge >= 0.3 is 0 Å². The van der Waals surface area contributed by atoms with E-state index in [9.17, 15) is 13.2 Å². The Kier molecular flexibility index (Phi) is 3.18. The third-order valence-electron chi connectivity index (χ3n) is 2.74. The van der Waals surface area contributed by atoms with Gasteiger partial charge in [-0.1, -0.05) is 19.1 Å². The van der Waals surface area contributed by atoms with Crippen LogP contribution in [0.25, 0.3) is 0 Å². The number of hydrogen-bond donors (Lipinski definition) is 2. The maximum Gasteiger partial charge on any atom is 0.240 e. The van der Waals surface area contributed by atoms with Crippen molar-refractivity contribution in [1.29, 1.82) is 0 Å². The Labute approximate surface area is 105 Å². The van der Waals surface area contributed by atoms with Gasteiger partial charge in [-0.25, -0.2) is 19.0 Å². The van der Waals surface area contributed by atoms with Gasteiger partial charge in [0.05, 0.1) is 10.6 Å². The number of primary sulfonamides is 1. The minimum atomic E-state index is -3.68. The smallest absolute Gasteiger partial charge is 0.240 e. The average molecular weight is 267 g/mol. The van der Waals surface area contributed by atoms with Crippen LogP contribution in [-0.2, 0) is 14.8 Å². The summed E-state index contributed by atoms with van der Waals surface area (Å²) in [5, 5.41) is 9.01. The minimum Gasteiger partial charge on any atom is -0.273 e. The second kappa shape index (κ2) is 4.51. The lowest BCUT2D eigenvalue weighted by Crippen LogP contribution is -2.31. The molecule has 1 aliphatic rings. The van der Waals surface area contributed by atoms with Crippen molar-refractivity contribution in [2.24, 2.45) is 16.2 Å². The number of amides is 1. The summed E-state index contributed by atoms with van der Waals surface area (Å²) in [6.07, 6.45) is 0.371. The molecule has 18 heavy (non-hydrogen) atoms. The number of carbonyl (C=O) groups excluding carboxylic acids is 1. The second-order valence-electron chi connectivity index (χ2n) is 4.21. The van der Waals surface area contributed by atoms with Gasteiger partial charge in [0.2, 0.25) is 15.9 Å². The van der Waals surface area contributed by atoms with Crippen molar-refractivity contribution in [3.63, 3.8) is 0 Å². The fourth-order valence-electron chi connectivity index (χ4n) is 1.82. The zero-order valence-corrected chi connectivity index (χ0v) is 10.6. The van der Waals surface area contributed by atoms with E-state index in [-0.39, 0.29) is 16.7 Å². The molecule has 0 radical (unpaired) electrons.